The summed E-state index contributed by atoms with van der Waals surface area (Å²) in [6, 6.07) is 8.21. The summed E-state index contributed by atoms with van der Waals surface area (Å²) in [7, 11) is -4.07. The molecule has 8 heteroatoms. The molecule has 1 fully saturated rings. The zero-order valence-corrected chi connectivity index (χ0v) is 20.1. The van der Waals surface area contributed by atoms with E-state index in [1.165, 1.54) is 13.0 Å². The van der Waals surface area contributed by atoms with Gasteiger partial charge in [0.15, 0.2) is 17.1 Å². The van der Waals surface area contributed by atoms with Crippen LogP contribution in [0.5, 0.6) is 0 Å². The number of furan rings is 1. The van der Waals surface area contributed by atoms with Crippen molar-refractivity contribution in [1.29, 1.82) is 0 Å². The number of nitrogens with one attached hydrogen (secondary N) is 1. The lowest BCUT2D eigenvalue weighted by atomic mass is 10.0. The number of rotatable bonds is 5. The molecule has 0 radical (unpaired) electrons. The van der Waals surface area contributed by atoms with E-state index in [4.69, 9.17) is 4.42 Å². The van der Waals surface area contributed by atoms with Gasteiger partial charge in [-0.3, -0.25) is 14.3 Å². The zero-order valence-electron chi connectivity index (χ0n) is 19.3. The number of likely N-dealkylation sites (tertiary alicyclic amines) is 1. The van der Waals surface area contributed by atoms with Gasteiger partial charge in [-0.15, -0.1) is 0 Å². The number of amides is 1. The molecule has 1 aliphatic heterocycles. The van der Waals surface area contributed by atoms with Crippen LogP contribution in [0.2, 0.25) is 0 Å². The highest BCUT2D eigenvalue weighted by Gasteiger charge is 2.30. The summed E-state index contributed by atoms with van der Waals surface area (Å²) in [6.45, 7) is 8.12. The highest BCUT2D eigenvalue weighted by molar-refractivity contribution is 7.93. The van der Waals surface area contributed by atoms with E-state index in [0.717, 1.165) is 24.8 Å². The van der Waals surface area contributed by atoms with Crippen molar-refractivity contribution in [1.82, 2.24) is 4.90 Å². The van der Waals surface area contributed by atoms with Gasteiger partial charge in [0.1, 0.15) is 4.90 Å². The minimum atomic E-state index is -4.07. The standard InChI is InChI=1S/C25H28N2O5S/c1-15-13-21-17(3)22(25(29)27-11-6-5-7-12-27)32-23(21)24(16(15)2)33(30,31)26-20-10-8-9-19(14-20)18(4)28/h8-10,13-14,26H,5-7,11-12H2,1-4H3. The maximum atomic E-state index is 13.5. The van der Waals surface area contributed by atoms with Gasteiger partial charge in [-0.2, -0.15) is 0 Å². The van der Waals surface area contributed by atoms with E-state index in [-0.39, 0.29) is 33.6 Å². The summed E-state index contributed by atoms with van der Waals surface area (Å²) in [4.78, 5) is 26.6. The Kier molecular flexibility index (Phi) is 6.05. The largest absolute Gasteiger partial charge is 0.449 e. The summed E-state index contributed by atoms with van der Waals surface area (Å²) in [6.07, 6.45) is 3.00. The molecule has 4 rings (SSSR count). The molecule has 2 heterocycles. The van der Waals surface area contributed by atoms with E-state index < -0.39 is 10.0 Å². The quantitative estimate of drug-likeness (QED) is 0.532. The molecular formula is C25H28N2O5S. The zero-order chi connectivity index (χ0) is 23.9. The number of carbonyl (C=O) groups excluding carboxylic acids is 2. The van der Waals surface area contributed by atoms with Gasteiger partial charge in [0.25, 0.3) is 15.9 Å². The van der Waals surface area contributed by atoms with Gasteiger partial charge in [0, 0.05) is 35.3 Å². The van der Waals surface area contributed by atoms with Gasteiger partial charge in [-0.25, -0.2) is 8.42 Å². The van der Waals surface area contributed by atoms with E-state index in [2.05, 4.69) is 4.72 Å². The predicted molar refractivity (Wildman–Crippen MR) is 127 cm³/mol. The van der Waals surface area contributed by atoms with Crippen LogP contribution >= 0.6 is 0 Å². The molecule has 1 N–H and O–H groups in total. The Hall–Kier alpha value is -3.13. The molecule has 3 aromatic rings. The minimum absolute atomic E-state index is 0.00604. The van der Waals surface area contributed by atoms with Crippen molar-refractivity contribution in [3.05, 3.63) is 58.3 Å². The van der Waals surface area contributed by atoms with E-state index in [1.807, 2.05) is 13.0 Å². The summed E-state index contributed by atoms with van der Waals surface area (Å²) in [5.74, 6) is -0.177. The first-order valence-electron chi connectivity index (χ1n) is 11.1. The number of nitrogens with zero attached hydrogens (tertiary/aromatic N) is 1. The molecule has 1 saturated heterocycles. The number of aryl methyl sites for hydroxylation is 2. The molecule has 7 nitrogen and oxygen atoms in total. The van der Waals surface area contributed by atoms with Gasteiger partial charge in [0.2, 0.25) is 0 Å². The smallest absolute Gasteiger partial charge is 0.289 e. The third-order valence-corrected chi connectivity index (χ3v) is 7.85. The summed E-state index contributed by atoms with van der Waals surface area (Å²) in [5.41, 5.74) is 2.82. The van der Waals surface area contributed by atoms with Crippen LogP contribution in [-0.4, -0.2) is 38.1 Å². The van der Waals surface area contributed by atoms with Gasteiger partial charge >= 0.3 is 0 Å². The first-order chi connectivity index (χ1) is 15.6. The molecule has 0 saturated carbocycles. The van der Waals surface area contributed by atoms with E-state index in [9.17, 15) is 18.0 Å². The SMILES string of the molecule is CC(=O)c1cccc(NS(=O)(=O)c2c(C)c(C)cc3c(C)c(C(=O)N4CCCCC4)oc23)c1. The lowest BCUT2D eigenvalue weighted by Gasteiger charge is -2.25. The van der Waals surface area contributed by atoms with Gasteiger partial charge in [0.05, 0.1) is 0 Å². The average Bonchev–Trinajstić information content (AvgIpc) is 3.09. The Bertz CT molecular complexity index is 1370. The molecule has 174 valence electrons. The Balaban J connectivity index is 1.83. The lowest BCUT2D eigenvalue weighted by Crippen LogP contribution is -2.35. The second-order valence-electron chi connectivity index (χ2n) is 8.68. The van der Waals surface area contributed by atoms with Crippen LogP contribution < -0.4 is 4.72 Å². The molecule has 2 aromatic carbocycles. The van der Waals surface area contributed by atoms with Crippen LogP contribution in [0, 0.1) is 20.8 Å². The Morgan fingerprint density at radius 3 is 2.36 bits per heavy atom. The van der Waals surface area contributed by atoms with Crippen LogP contribution in [0.4, 0.5) is 5.69 Å². The Labute approximate surface area is 193 Å². The van der Waals surface area contributed by atoms with Crippen molar-refractivity contribution in [3.63, 3.8) is 0 Å². The number of Topliss-reactive ketones (excluding diaryl/α,β-unsaturated/α-hetero) is 1. The van der Waals surface area contributed by atoms with Crippen LogP contribution in [-0.2, 0) is 10.0 Å². The molecule has 0 atom stereocenters. The van der Waals surface area contributed by atoms with Gasteiger partial charge in [-0.1, -0.05) is 12.1 Å². The van der Waals surface area contributed by atoms with E-state index in [0.29, 0.717) is 35.2 Å². The molecule has 0 aliphatic carbocycles. The van der Waals surface area contributed by atoms with Crippen LogP contribution in [0.3, 0.4) is 0 Å². The maximum absolute atomic E-state index is 13.5. The monoisotopic (exact) mass is 468 g/mol. The third-order valence-electron chi connectivity index (χ3n) is 6.32. The highest BCUT2D eigenvalue weighted by Crippen LogP contribution is 2.36. The summed E-state index contributed by atoms with van der Waals surface area (Å²) < 4.78 is 35.6. The van der Waals surface area contributed by atoms with Gasteiger partial charge in [-0.05, 0) is 76.3 Å². The van der Waals surface area contributed by atoms with Crippen molar-refractivity contribution in [2.45, 2.75) is 51.9 Å². The van der Waals surface area contributed by atoms with Crippen molar-refractivity contribution >= 4 is 38.4 Å². The fourth-order valence-corrected chi connectivity index (χ4v) is 5.82. The number of carbonyl (C=O) groups is 2. The normalized spacial score (nSPS) is 14.5. The molecule has 0 spiro atoms. The molecule has 0 bridgehead atoms. The minimum Gasteiger partial charge on any atom is -0.449 e. The second-order valence-corrected chi connectivity index (χ2v) is 10.3. The number of sulfonamides is 1. The number of hydrogen-bond donors (Lipinski definition) is 1. The predicted octanol–water partition coefficient (Wildman–Crippen LogP) is 4.99. The Morgan fingerprint density at radius 2 is 1.70 bits per heavy atom. The topological polar surface area (TPSA) is 96.7 Å². The fourth-order valence-electron chi connectivity index (χ4n) is 4.32. The molecule has 1 aliphatic rings. The van der Waals surface area contributed by atoms with Crippen molar-refractivity contribution in [3.8, 4) is 0 Å². The molecule has 0 unspecified atom stereocenters. The number of ketones is 1. The van der Waals surface area contributed by atoms with Crippen molar-refractivity contribution < 1.29 is 22.4 Å². The van der Waals surface area contributed by atoms with Crippen molar-refractivity contribution in [2.75, 3.05) is 17.8 Å². The van der Waals surface area contributed by atoms with E-state index in [1.54, 1.807) is 36.9 Å². The number of piperidine rings is 1. The van der Waals surface area contributed by atoms with Gasteiger partial charge < -0.3 is 9.32 Å². The highest BCUT2D eigenvalue weighted by atomic mass is 32.2. The van der Waals surface area contributed by atoms with E-state index >= 15 is 0 Å². The number of fused-ring (bicyclic) bond motifs is 1. The molecule has 1 amide bonds. The lowest BCUT2D eigenvalue weighted by molar-refractivity contribution is 0.0693. The maximum Gasteiger partial charge on any atom is 0.289 e. The van der Waals surface area contributed by atoms with Crippen LogP contribution in [0.1, 0.15) is 63.8 Å². The molecule has 1 aromatic heterocycles. The average molecular weight is 469 g/mol. The summed E-state index contributed by atoms with van der Waals surface area (Å²) in [5, 5.41) is 0.608. The van der Waals surface area contributed by atoms with Crippen LogP contribution in [0.25, 0.3) is 11.0 Å². The number of anilines is 1. The first-order valence-corrected chi connectivity index (χ1v) is 12.5. The van der Waals surface area contributed by atoms with Crippen molar-refractivity contribution in [2.24, 2.45) is 0 Å². The number of benzene rings is 2. The van der Waals surface area contributed by atoms with Crippen LogP contribution in [0.15, 0.2) is 39.6 Å². The molecular weight excluding hydrogens is 440 g/mol. The third kappa shape index (κ3) is 4.27. The number of hydrogen-bond acceptors (Lipinski definition) is 5. The second kappa shape index (κ2) is 8.67. The summed E-state index contributed by atoms with van der Waals surface area (Å²) >= 11 is 0. The fraction of sp³-hybridized carbons (Fsp3) is 0.360. The first kappa shape index (κ1) is 23.0. The Morgan fingerprint density at radius 1 is 1.00 bits per heavy atom. The molecule has 33 heavy (non-hydrogen) atoms.